The molecule has 1 heterocycles. The van der Waals surface area contributed by atoms with Crippen molar-refractivity contribution < 1.29 is 5.11 Å². The Kier molecular flexibility index (Phi) is 2.85. The van der Waals surface area contributed by atoms with Crippen LogP contribution in [0.15, 0.2) is 30.6 Å². The van der Waals surface area contributed by atoms with Crippen molar-refractivity contribution in [3.8, 4) is 0 Å². The van der Waals surface area contributed by atoms with Crippen molar-refractivity contribution in [2.24, 2.45) is 5.92 Å². The van der Waals surface area contributed by atoms with Crippen LogP contribution in [0.1, 0.15) is 25.7 Å². The molecule has 1 aliphatic rings. The molecule has 1 fully saturated rings. The lowest BCUT2D eigenvalue weighted by Gasteiger charge is -2.14. The monoisotopic (exact) mass is 230 g/mol. The Balaban J connectivity index is 1.72. The highest BCUT2D eigenvalue weighted by Gasteiger charge is 2.24. The predicted octanol–water partition coefficient (Wildman–Crippen LogP) is 2.59. The van der Waals surface area contributed by atoms with E-state index in [1.807, 2.05) is 24.5 Å². The van der Waals surface area contributed by atoms with Gasteiger partial charge in [-0.2, -0.15) is 0 Å². The fourth-order valence-corrected chi connectivity index (χ4v) is 2.85. The molecule has 1 N–H and O–H groups in total. The summed E-state index contributed by atoms with van der Waals surface area (Å²) in [5.74, 6) is 0.483. The van der Waals surface area contributed by atoms with Gasteiger partial charge >= 0.3 is 0 Å². The first-order valence-corrected chi connectivity index (χ1v) is 6.42. The second kappa shape index (κ2) is 4.49. The van der Waals surface area contributed by atoms with Crippen LogP contribution in [0.4, 0.5) is 0 Å². The van der Waals surface area contributed by atoms with E-state index in [0.717, 1.165) is 24.9 Å². The number of rotatable bonds is 3. The SMILES string of the molecule is OC1CCCC1CCn1cnc2ccccc21. The zero-order valence-corrected chi connectivity index (χ0v) is 9.92. The van der Waals surface area contributed by atoms with Gasteiger partial charge in [0.1, 0.15) is 0 Å². The maximum absolute atomic E-state index is 9.81. The summed E-state index contributed by atoms with van der Waals surface area (Å²) < 4.78 is 2.19. The van der Waals surface area contributed by atoms with Crippen LogP contribution in [0.2, 0.25) is 0 Å². The topological polar surface area (TPSA) is 38.0 Å². The predicted molar refractivity (Wildman–Crippen MR) is 67.7 cm³/mol. The van der Waals surface area contributed by atoms with Gasteiger partial charge < -0.3 is 9.67 Å². The first-order chi connectivity index (χ1) is 8.34. The molecular formula is C14H18N2O. The zero-order chi connectivity index (χ0) is 11.7. The van der Waals surface area contributed by atoms with Crippen molar-refractivity contribution in [1.82, 2.24) is 9.55 Å². The fourth-order valence-electron chi connectivity index (χ4n) is 2.85. The van der Waals surface area contributed by atoms with Gasteiger partial charge in [0.05, 0.1) is 23.5 Å². The van der Waals surface area contributed by atoms with Crippen LogP contribution in [-0.2, 0) is 6.54 Å². The first kappa shape index (κ1) is 10.8. The van der Waals surface area contributed by atoms with Crippen LogP contribution in [-0.4, -0.2) is 20.8 Å². The number of imidazole rings is 1. The Bertz CT molecular complexity index is 506. The third-order valence-electron chi connectivity index (χ3n) is 3.89. The largest absolute Gasteiger partial charge is 0.393 e. The summed E-state index contributed by atoms with van der Waals surface area (Å²) in [5, 5.41) is 9.81. The lowest BCUT2D eigenvalue weighted by Crippen LogP contribution is -2.15. The lowest BCUT2D eigenvalue weighted by atomic mass is 10.0. The van der Waals surface area contributed by atoms with E-state index in [4.69, 9.17) is 0 Å². The average molecular weight is 230 g/mol. The summed E-state index contributed by atoms with van der Waals surface area (Å²) in [7, 11) is 0. The van der Waals surface area contributed by atoms with E-state index in [9.17, 15) is 5.11 Å². The Morgan fingerprint density at radius 2 is 2.18 bits per heavy atom. The molecule has 0 amide bonds. The number of hydrogen-bond acceptors (Lipinski definition) is 2. The maximum Gasteiger partial charge on any atom is 0.0958 e. The Labute approximate surface area is 101 Å². The van der Waals surface area contributed by atoms with Crippen LogP contribution in [0.5, 0.6) is 0 Å². The van der Waals surface area contributed by atoms with Crippen LogP contribution < -0.4 is 0 Å². The van der Waals surface area contributed by atoms with Crippen molar-refractivity contribution >= 4 is 11.0 Å². The van der Waals surface area contributed by atoms with Gasteiger partial charge in [-0.15, -0.1) is 0 Å². The number of nitrogens with zero attached hydrogens (tertiary/aromatic N) is 2. The van der Waals surface area contributed by atoms with Gasteiger partial charge in [0.25, 0.3) is 0 Å². The van der Waals surface area contributed by atoms with Crippen LogP contribution in [0, 0.1) is 5.92 Å². The molecule has 17 heavy (non-hydrogen) atoms. The number of para-hydroxylation sites is 2. The fraction of sp³-hybridized carbons (Fsp3) is 0.500. The summed E-state index contributed by atoms with van der Waals surface area (Å²) in [6.45, 7) is 0.961. The number of fused-ring (bicyclic) bond motifs is 1. The molecule has 0 bridgehead atoms. The Morgan fingerprint density at radius 1 is 1.29 bits per heavy atom. The van der Waals surface area contributed by atoms with Crippen molar-refractivity contribution in [2.45, 2.75) is 38.3 Å². The quantitative estimate of drug-likeness (QED) is 0.880. The van der Waals surface area contributed by atoms with Crippen molar-refractivity contribution in [2.75, 3.05) is 0 Å². The molecule has 1 saturated carbocycles. The lowest BCUT2D eigenvalue weighted by molar-refractivity contribution is 0.125. The third-order valence-corrected chi connectivity index (χ3v) is 3.89. The van der Waals surface area contributed by atoms with E-state index >= 15 is 0 Å². The smallest absolute Gasteiger partial charge is 0.0958 e. The molecule has 2 unspecified atom stereocenters. The van der Waals surface area contributed by atoms with E-state index in [-0.39, 0.29) is 6.10 Å². The number of aromatic nitrogens is 2. The Hall–Kier alpha value is -1.35. The summed E-state index contributed by atoms with van der Waals surface area (Å²) in [5.41, 5.74) is 2.25. The highest BCUT2D eigenvalue weighted by atomic mass is 16.3. The minimum Gasteiger partial charge on any atom is -0.393 e. The molecule has 1 aromatic heterocycles. The van der Waals surface area contributed by atoms with Crippen molar-refractivity contribution in [3.63, 3.8) is 0 Å². The molecule has 3 heteroatoms. The van der Waals surface area contributed by atoms with Crippen LogP contribution in [0.3, 0.4) is 0 Å². The maximum atomic E-state index is 9.81. The average Bonchev–Trinajstić information content (AvgIpc) is 2.93. The molecule has 1 aliphatic carbocycles. The number of aliphatic hydroxyl groups excluding tert-OH is 1. The first-order valence-electron chi connectivity index (χ1n) is 6.42. The van der Waals surface area contributed by atoms with E-state index in [1.54, 1.807) is 0 Å². The van der Waals surface area contributed by atoms with Gasteiger partial charge in [-0.05, 0) is 37.3 Å². The summed E-state index contributed by atoms with van der Waals surface area (Å²) in [4.78, 5) is 4.38. The minimum atomic E-state index is -0.0789. The second-order valence-corrected chi connectivity index (χ2v) is 4.97. The number of hydrogen-bond donors (Lipinski definition) is 1. The number of aliphatic hydroxyl groups is 1. The summed E-state index contributed by atoms with van der Waals surface area (Å²) in [6.07, 6.45) is 6.22. The number of benzene rings is 1. The Morgan fingerprint density at radius 3 is 3.00 bits per heavy atom. The standard InChI is InChI=1S/C14H18N2O/c17-14-7-3-4-11(14)8-9-16-10-15-12-5-1-2-6-13(12)16/h1-2,5-6,10-11,14,17H,3-4,7-9H2. The van der Waals surface area contributed by atoms with Crippen LogP contribution in [0.25, 0.3) is 11.0 Å². The van der Waals surface area contributed by atoms with Crippen LogP contribution >= 0.6 is 0 Å². The molecule has 90 valence electrons. The van der Waals surface area contributed by atoms with E-state index in [0.29, 0.717) is 5.92 Å². The highest BCUT2D eigenvalue weighted by molar-refractivity contribution is 5.74. The normalized spacial score (nSPS) is 24.5. The molecule has 3 rings (SSSR count). The van der Waals surface area contributed by atoms with Gasteiger partial charge in [0.15, 0.2) is 0 Å². The highest BCUT2D eigenvalue weighted by Crippen LogP contribution is 2.29. The molecule has 2 atom stereocenters. The van der Waals surface area contributed by atoms with E-state index in [2.05, 4.69) is 15.6 Å². The molecule has 0 saturated heterocycles. The van der Waals surface area contributed by atoms with Gasteiger partial charge in [-0.3, -0.25) is 0 Å². The third kappa shape index (κ3) is 2.07. The molecular weight excluding hydrogens is 212 g/mol. The zero-order valence-electron chi connectivity index (χ0n) is 9.92. The van der Waals surface area contributed by atoms with Gasteiger partial charge in [-0.1, -0.05) is 18.6 Å². The molecule has 2 aromatic rings. The number of aryl methyl sites for hydroxylation is 1. The molecule has 3 nitrogen and oxygen atoms in total. The minimum absolute atomic E-state index is 0.0789. The molecule has 0 spiro atoms. The van der Waals surface area contributed by atoms with Crippen molar-refractivity contribution in [1.29, 1.82) is 0 Å². The van der Waals surface area contributed by atoms with E-state index < -0.39 is 0 Å². The second-order valence-electron chi connectivity index (χ2n) is 4.97. The van der Waals surface area contributed by atoms with Gasteiger partial charge in [0.2, 0.25) is 0 Å². The molecule has 1 aromatic carbocycles. The molecule has 0 radical (unpaired) electrons. The van der Waals surface area contributed by atoms with E-state index in [1.165, 1.54) is 18.4 Å². The van der Waals surface area contributed by atoms with Gasteiger partial charge in [0, 0.05) is 6.54 Å². The molecule has 0 aliphatic heterocycles. The summed E-state index contributed by atoms with van der Waals surface area (Å²) >= 11 is 0. The van der Waals surface area contributed by atoms with Gasteiger partial charge in [-0.25, -0.2) is 4.98 Å². The van der Waals surface area contributed by atoms with Crippen molar-refractivity contribution in [3.05, 3.63) is 30.6 Å². The summed E-state index contributed by atoms with van der Waals surface area (Å²) in [6, 6.07) is 8.20.